The van der Waals surface area contributed by atoms with E-state index in [-0.39, 0.29) is 34.7 Å². The van der Waals surface area contributed by atoms with Gasteiger partial charge in [0.05, 0.1) is 11.3 Å². The number of ketones is 1. The van der Waals surface area contributed by atoms with Crippen molar-refractivity contribution in [2.75, 3.05) is 0 Å². The Balaban J connectivity index is 1.80. The zero-order valence-electron chi connectivity index (χ0n) is 16.6. The molecule has 30 heavy (non-hydrogen) atoms. The molecule has 0 aromatic carbocycles. The van der Waals surface area contributed by atoms with Crippen LogP contribution in [0.1, 0.15) is 54.0 Å². The van der Waals surface area contributed by atoms with Crippen molar-refractivity contribution in [1.29, 1.82) is 5.26 Å². The average molecular weight is 429 g/mol. The molecule has 0 aliphatic carbocycles. The predicted octanol–water partition coefficient (Wildman–Crippen LogP) is 3.85. The van der Waals surface area contributed by atoms with Gasteiger partial charge in [-0.15, -0.1) is 0 Å². The minimum Gasteiger partial charge on any atom is -0.379 e. The quantitative estimate of drug-likeness (QED) is 0.699. The number of Topliss-reactive ketones (excluding diaryl/α,β-unsaturated/α-hetero) is 1. The topological polar surface area (TPSA) is 105 Å². The highest BCUT2D eigenvalue weighted by Crippen LogP contribution is 2.41. The van der Waals surface area contributed by atoms with Crippen LogP contribution >= 0.6 is 11.8 Å². The third-order valence-corrected chi connectivity index (χ3v) is 5.77. The van der Waals surface area contributed by atoms with Gasteiger partial charge in [0, 0.05) is 30.5 Å². The minimum atomic E-state index is -2.80. The van der Waals surface area contributed by atoms with Gasteiger partial charge in [-0.2, -0.15) is 5.26 Å². The van der Waals surface area contributed by atoms with Crippen LogP contribution in [0.25, 0.3) is 0 Å². The van der Waals surface area contributed by atoms with E-state index < -0.39 is 11.5 Å². The highest BCUT2D eigenvalue weighted by Gasteiger charge is 2.39. The molecule has 0 spiro atoms. The first kappa shape index (κ1) is 21.8. The number of hydrogen-bond acceptors (Lipinski definition) is 7. The van der Waals surface area contributed by atoms with Crippen molar-refractivity contribution in [2.24, 2.45) is 10.7 Å². The number of aromatic nitrogens is 2. The first-order valence-electron chi connectivity index (χ1n) is 9.32. The van der Waals surface area contributed by atoms with E-state index in [4.69, 9.17) is 11.0 Å². The van der Waals surface area contributed by atoms with Gasteiger partial charge in [-0.05, 0) is 50.1 Å². The summed E-state index contributed by atoms with van der Waals surface area (Å²) in [5.74, 6) is -3.00. The van der Waals surface area contributed by atoms with Crippen molar-refractivity contribution in [1.82, 2.24) is 9.97 Å². The van der Waals surface area contributed by atoms with Crippen LogP contribution in [0.15, 0.2) is 41.7 Å². The number of aliphatic imine (C=N–C) groups is 1. The second-order valence-corrected chi connectivity index (χ2v) is 8.96. The van der Waals surface area contributed by atoms with Gasteiger partial charge < -0.3 is 5.73 Å². The maximum absolute atomic E-state index is 13.5. The molecule has 2 N–H and O–H groups in total. The molecule has 0 amide bonds. The molecule has 0 unspecified atom stereocenters. The number of amidine groups is 1. The maximum Gasteiger partial charge on any atom is 0.246 e. The number of alkyl halides is 2. The first-order chi connectivity index (χ1) is 14.1. The monoisotopic (exact) mass is 429 g/mol. The molecule has 0 radical (unpaired) electrons. The SMILES string of the molecule is CC(F)(F)C[C@@H]1C[C@@](C)(c2cc(CC(=O)c3ccc(C#N)cn3)ccn2)N=C(N)S1. The molecule has 0 saturated heterocycles. The molecule has 1 aliphatic heterocycles. The Morgan fingerprint density at radius 1 is 1.40 bits per heavy atom. The van der Waals surface area contributed by atoms with Crippen molar-refractivity contribution in [3.8, 4) is 6.07 Å². The van der Waals surface area contributed by atoms with E-state index in [1.807, 2.05) is 13.0 Å². The van der Waals surface area contributed by atoms with Gasteiger partial charge >= 0.3 is 0 Å². The lowest BCUT2D eigenvalue weighted by molar-refractivity contribution is 0.0109. The van der Waals surface area contributed by atoms with Gasteiger partial charge in [0.2, 0.25) is 5.92 Å². The van der Waals surface area contributed by atoms with Crippen molar-refractivity contribution in [2.45, 2.75) is 49.8 Å². The van der Waals surface area contributed by atoms with Crippen molar-refractivity contribution in [3.05, 3.63) is 59.2 Å². The lowest BCUT2D eigenvalue weighted by atomic mass is 9.89. The molecule has 0 saturated carbocycles. The molecular weight excluding hydrogens is 408 g/mol. The minimum absolute atomic E-state index is 0.0922. The fourth-order valence-corrected chi connectivity index (χ4v) is 4.81. The van der Waals surface area contributed by atoms with Gasteiger partial charge in [-0.3, -0.25) is 14.8 Å². The van der Waals surface area contributed by atoms with E-state index >= 15 is 0 Å². The highest BCUT2D eigenvalue weighted by atomic mass is 32.2. The molecular formula is C21H21F2N5OS. The summed E-state index contributed by atoms with van der Waals surface area (Å²) in [5.41, 5.74) is 7.01. The van der Waals surface area contributed by atoms with Gasteiger partial charge in [0.1, 0.15) is 17.3 Å². The summed E-state index contributed by atoms with van der Waals surface area (Å²) in [6.07, 6.45) is 3.09. The Morgan fingerprint density at radius 3 is 2.80 bits per heavy atom. The summed E-state index contributed by atoms with van der Waals surface area (Å²) in [6.45, 7) is 2.71. The first-order valence-corrected chi connectivity index (χ1v) is 10.2. The van der Waals surface area contributed by atoms with Gasteiger partial charge in [-0.1, -0.05) is 11.8 Å². The standard InChI is InChI=1S/C21H21F2N5OS/c1-20(9-15(10-21(2,22)23)30-19(25)28-20)18-8-13(5-6-26-18)7-17(29)16-4-3-14(11-24)12-27-16/h3-6,8,12,15H,7,9-10H2,1-2H3,(H2,25,28)/t15-,20-/m0/s1. The number of carbonyl (C=O) groups is 1. The maximum atomic E-state index is 13.5. The summed E-state index contributed by atoms with van der Waals surface area (Å²) in [5, 5.41) is 8.70. The number of nitriles is 1. The smallest absolute Gasteiger partial charge is 0.246 e. The molecule has 0 bridgehead atoms. The van der Waals surface area contributed by atoms with Crippen LogP contribution in [-0.2, 0) is 12.0 Å². The fraction of sp³-hybridized carbons (Fsp3) is 0.381. The third-order valence-electron chi connectivity index (χ3n) is 4.77. The van der Waals surface area contributed by atoms with E-state index in [1.54, 1.807) is 24.4 Å². The number of thioether (sulfide) groups is 1. The highest BCUT2D eigenvalue weighted by molar-refractivity contribution is 8.14. The lowest BCUT2D eigenvalue weighted by Gasteiger charge is -2.34. The van der Waals surface area contributed by atoms with Crippen LogP contribution in [0.4, 0.5) is 8.78 Å². The number of pyridine rings is 2. The summed E-state index contributed by atoms with van der Waals surface area (Å²) in [6, 6.07) is 8.50. The van der Waals surface area contributed by atoms with E-state index in [2.05, 4.69) is 15.0 Å². The summed E-state index contributed by atoms with van der Waals surface area (Å²) < 4.78 is 27.1. The predicted molar refractivity (Wildman–Crippen MR) is 111 cm³/mol. The normalized spacial score (nSPS) is 21.6. The average Bonchev–Trinajstić information content (AvgIpc) is 2.66. The van der Waals surface area contributed by atoms with Crippen molar-refractivity contribution < 1.29 is 13.6 Å². The van der Waals surface area contributed by atoms with E-state index in [0.717, 1.165) is 18.7 Å². The number of nitrogens with two attached hydrogens (primary N) is 1. The summed E-state index contributed by atoms with van der Waals surface area (Å²) in [4.78, 5) is 25.4. The Morgan fingerprint density at radius 2 is 2.17 bits per heavy atom. The Kier molecular flexibility index (Phi) is 6.17. The molecule has 2 aromatic heterocycles. The van der Waals surface area contributed by atoms with Crippen LogP contribution in [0.2, 0.25) is 0 Å². The molecule has 1 aliphatic rings. The van der Waals surface area contributed by atoms with Crippen LogP contribution in [-0.4, -0.2) is 32.1 Å². The van der Waals surface area contributed by atoms with Gasteiger partial charge in [0.15, 0.2) is 11.0 Å². The molecule has 0 fully saturated rings. The van der Waals surface area contributed by atoms with Crippen LogP contribution in [0.3, 0.4) is 0 Å². The van der Waals surface area contributed by atoms with Gasteiger partial charge in [-0.25, -0.2) is 13.8 Å². The largest absolute Gasteiger partial charge is 0.379 e. The van der Waals surface area contributed by atoms with Crippen molar-refractivity contribution >= 4 is 22.7 Å². The summed E-state index contributed by atoms with van der Waals surface area (Å²) in [7, 11) is 0. The molecule has 3 rings (SSSR count). The van der Waals surface area contributed by atoms with Crippen LogP contribution in [0, 0.1) is 11.3 Å². The molecule has 3 heterocycles. The van der Waals surface area contributed by atoms with E-state index in [1.165, 1.54) is 12.3 Å². The second-order valence-electron chi connectivity index (χ2n) is 7.64. The Hall–Kier alpha value is -2.86. The van der Waals surface area contributed by atoms with Gasteiger partial charge in [0.25, 0.3) is 0 Å². The Bertz CT molecular complexity index is 1010. The number of halogens is 2. The molecule has 6 nitrogen and oxygen atoms in total. The number of rotatable bonds is 6. The number of carbonyl (C=O) groups excluding carboxylic acids is 1. The number of hydrogen-bond donors (Lipinski definition) is 1. The lowest BCUT2D eigenvalue weighted by Crippen LogP contribution is -2.36. The second kappa shape index (κ2) is 8.48. The molecule has 156 valence electrons. The van der Waals surface area contributed by atoms with E-state index in [0.29, 0.717) is 23.2 Å². The van der Waals surface area contributed by atoms with E-state index in [9.17, 15) is 13.6 Å². The van der Waals surface area contributed by atoms with Crippen molar-refractivity contribution in [3.63, 3.8) is 0 Å². The molecule has 2 aromatic rings. The fourth-order valence-electron chi connectivity index (χ4n) is 3.43. The zero-order chi connectivity index (χ0) is 21.9. The summed E-state index contributed by atoms with van der Waals surface area (Å²) >= 11 is 1.16. The van der Waals surface area contributed by atoms with Crippen LogP contribution < -0.4 is 5.73 Å². The zero-order valence-corrected chi connectivity index (χ0v) is 17.4. The van der Waals surface area contributed by atoms with Crippen LogP contribution in [0.5, 0.6) is 0 Å². The Labute approximate surface area is 177 Å². The number of nitrogens with zero attached hydrogens (tertiary/aromatic N) is 4. The molecule has 9 heteroatoms. The third kappa shape index (κ3) is 5.39. The molecule has 2 atom stereocenters.